The number of likely N-dealkylation sites (tertiary alicyclic amines) is 1. The lowest BCUT2D eigenvalue weighted by atomic mass is 10.2. The first-order chi connectivity index (χ1) is 8.85. The molecule has 1 aromatic carbocycles. The Balaban J connectivity index is 2.01. The third-order valence-corrected chi connectivity index (χ3v) is 4.24. The Bertz CT molecular complexity index is 571. The lowest BCUT2D eigenvalue weighted by molar-refractivity contribution is 0.0790. The quantitative estimate of drug-likeness (QED) is 0.894. The molecule has 0 aromatic heterocycles. The monoisotopic (exact) mass is 346 g/mol. The molecule has 2 rings (SSSR count). The van der Waals surface area contributed by atoms with Crippen LogP contribution in [-0.4, -0.2) is 44.6 Å². The highest BCUT2D eigenvalue weighted by Gasteiger charge is 2.28. The summed E-state index contributed by atoms with van der Waals surface area (Å²) in [6, 6.07) is 6.95. The zero-order valence-electron chi connectivity index (χ0n) is 10.5. The van der Waals surface area contributed by atoms with Gasteiger partial charge in [0.2, 0.25) is 10.0 Å². The number of hydrogen-bond acceptors (Lipinski definition) is 3. The molecule has 1 unspecified atom stereocenters. The van der Waals surface area contributed by atoms with Crippen molar-refractivity contribution in [3.05, 3.63) is 34.3 Å². The fraction of sp³-hybridized carbons (Fsp3) is 0.417. The van der Waals surface area contributed by atoms with Crippen LogP contribution in [-0.2, 0) is 10.0 Å². The summed E-state index contributed by atoms with van der Waals surface area (Å²) in [7, 11) is -3.22. The number of sulfonamides is 1. The minimum absolute atomic E-state index is 0.0645. The molecule has 19 heavy (non-hydrogen) atoms. The zero-order chi connectivity index (χ0) is 14.0. The largest absolute Gasteiger partial charge is 0.337 e. The first-order valence-corrected chi connectivity index (χ1v) is 8.56. The minimum atomic E-state index is -3.22. The van der Waals surface area contributed by atoms with Crippen molar-refractivity contribution in [3.8, 4) is 0 Å². The van der Waals surface area contributed by atoms with Gasteiger partial charge in [-0.3, -0.25) is 4.79 Å². The van der Waals surface area contributed by atoms with E-state index in [1.54, 1.807) is 17.0 Å². The Morgan fingerprint density at radius 1 is 1.37 bits per heavy atom. The van der Waals surface area contributed by atoms with Crippen molar-refractivity contribution in [1.29, 1.82) is 0 Å². The highest BCUT2D eigenvalue weighted by atomic mass is 79.9. The molecule has 1 aromatic rings. The first-order valence-electron chi connectivity index (χ1n) is 5.87. The molecule has 0 aliphatic carbocycles. The molecular formula is C12H15BrN2O3S. The van der Waals surface area contributed by atoms with Gasteiger partial charge in [-0.15, -0.1) is 0 Å². The lowest BCUT2D eigenvalue weighted by Crippen LogP contribution is -2.37. The van der Waals surface area contributed by atoms with Gasteiger partial charge in [-0.1, -0.05) is 15.9 Å². The van der Waals surface area contributed by atoms with E-state index in [1.807, 2.05) is 12.1 Å². The molecule has 7 heteroatoms. The number of carbonyl (C=O) groups excluding carboxylic acids is 1. The number of rotatable bonds is 3. The molecule has 0 spiro atoms. The molecule has 0 radical (unpaired) electrons. The van der Waals surface area contributed by atoms with E-state index in [4.69, 9.17) is 0 Å². The van der Waals surface area contributed by atoms with Crippen LogP contribution in [0.25, 0.3) is 0 Å². The van der Waals surface area contributed by atoms with E-state index < -0.39 is 10.0 Å². The number of amides is 1. The maximum atomic E-state index is 12.2. The van der Waals surface area contributed by atoms with E-state index in [2.05, 4.69) is 20.7 Å². The molecular weight excluding hydrogens is 332 g/mol. The van der Waals surface area contributed by atoms with Gasteiger partial charge >= 0.3 is 0 Å². The van der Waals surface area contributed by atoms with Crippen molar-refractivity contribution in [2.24, 2.45) is 0 Å². The molecule has 5 nitrogen and oxygen atoms in total. The third-order valence-electron chi connectivity index (χ3n) is 2.95. The van der Waals surface area contributed by atoms with Crippen LogP contribution in [0.3, 0.4) is 0 Å². The topological polar surface area (TPSA) is 66.5 Å². The number of benzene rings is 1. The smallest absolute Gasteiger partial charge is 0.253 e. The van der Waals surface area contributed by atoms with Crippen LogP contribution in [0.4, 0.5) is 0 Å². The lowest BCUT2D eigenvalue weighted by Gasteiger charge is -2.16. The summed E-state index contributed by atoms with van der Waals surface area (Å²) in [5.41, 5.74) is 0.614. The number of halogens is 1. The maximum absolute atomic E-state index is 12.2. The van der Waals surface area contributed by atoms with Crippen LogP contribution in [0, 0.1) is 0 Å². The number of nitrogens with one attached hydrogen (secondary N) is 1. The summed E-state index contributed by atoms with van der Waals surface area (Å²) in [6.45, 7) is 0.990. The summed E-state index contributed by atoms with van der Waals surface area (Å²) < 4.78 is 25.8. The highest BCUT2D eigenvalue weighted by molar-refractivity contribution is 9.10. The summed E-state index contributed by atoms with van der Waals surface area (Å²) in [4.78, 5) is 13.9. The Morgan fingerprint density at radius 2 is 2.00 bits per heavy atom. The Labute approximate surface area is 121 Å². The fourth-order valence-electron chi connectivity index (χ4n) is 2.12. The molecule has 104 valence electrons. The van der Waals surface area contributed by atoms with Gasteiger partial charge in [0.1, 0.15) is 0 Å². The molecule has 1 N–H and O–H groups in total. The van der Waals surface area contributed by atoms with E-state index in [0.717, 1.165) is 10.7 Å². The highest BCUT2D eigenvalue weighted by Crippen LogP contribution is 2.16. The number of carbonyl (C=O) groups is 1. The average molecular weight is 347 g/mol. The van der Waals surface area contributed by atoms with Crippen molar-refractivity contribution in [3.63, 3.8) is 0 Å². The van der Waals surface area contributed by atoms with Crippen LogP contribution in [0.15, 0.2) is 28.7 Å². The molecule has 0 bridgehead atoms. The molecule has 1 aliphatic heterocycles. The second kappa shape index (κ2) is 5.60. The van der Waals surface area contributed by atoms with Gasteiger partial charge in [-0.25, -0.2) is 13.1 Å². The molecule has 0 saturated carbocycles. The van der Waals surface area contributed by atoms with Gasteiger partial charge in [-0.05, 0) is 30.7 Å². The zero-order valence-corrected chi connectivity index (χ0v) is 12.9. The molecule has 1 heterocycles. The second-order valence-corrected chi connectivity index (χ2v) is 7.33. The Hall–Kier alpha value is -0.920. The van der Waals surface area contributed by atoms with E-state index in [1.165, 1.54) is 0 Å². The SMILES string of the molecule is CS(=O)(=O)NC1CCN(C(=O)c2ccc(Br)cc2)C1. The van der Waals surface area contributed by atoms with Gasteiger partial charge in [0.15, 0.2) is 0 Å². The van der Waals surface area contributed by atoms with Crippen molar-refractivity contribution >= 4 is 31.9 Å². The van der Waals surface area contributed by atoms with Crippen molar-refractivity contribution in [2.45, 2.75) is 12.5 Å². The molecule has 1 fully saturated rings. The predicted molar refractivity (Wildman–Crippen MR) is 76.4 cm³/mol. The van der Waals surface area contributed by atoms with Gasteiger partial charge < -0.3 is 4.90 Å². The van der Waals surface area contributed by atoms with Gasteiger partial charge in [-0.2, -0.15) is 0 Å². The van der Waals surface area contributed by atoms with Gasteiger partial charge in [0, 0.05) is 29.2 Å². The molecule has 1 amide bonds. The summed E-state index contributed by atoms with van der Waals surface area (Å²) in [6.07, 6.45) is 1.78. The van der Waals surface area contributed by atoms with E-state index in [9.17, 15) is 13.2 Å². The minimum Gasteiger partial charge on any atom is -0.337 e. The van der Waals surface area contributed by atoms with E-state index in [-0.39, 0.29) is 11.9 Å². The summed E-state index contributed by atoms with van der Waals surface area (Å²) in [5, 5.41) is 0. The van der Waals surface area contributed by atoms with Gasteiger partial charge in [0.05, 0.1) is 6.26 Å². The number of hydrogen-bond donors (Lipinski definition) is 1. The first kappa shape index (κ1) is 14.5. The molecule has 1 atom stereocenters. The van der Waals surface area contributed by atoms with Crippen LogP contribution in [0.1, 0.15) is 16.8 Å². The van der Waals surface area contributed by atoms with Crippen molar-refractivity contribution in [2.75, 3.05) is 19.3 Å². The standard InChI is InChI=1S/C12H15BrN2O3S/c1-19(17,18)14-11-6-7-15(8-11)12(16)9-2-4-10(13)5-3-9/h2-5,11,14H,6-8H2,1H3. The van der Waals surface area contributed by atoms with Crippen LogP contribution in [0.5, 0.6) is 0 Å². The van der Waals surface area contributed by atoms with Crippen molar-refractivity contribution in [1.82, 2.24) is 9.62 Å². The van der Waals surface area contributed by atoms with Crippen molar-refractivity contribution < 1.29 is 13.2 Å². The molecule has 1 saturated heterocycles. The Morgan fingerprint density at radius 3 is 2.58 bits per heavy atom. The predicted octanol–water partition coefficient (Wildman–Crippen LogP) is 1.21. The van der Waals surface area contributed by atoms with E-state index in [0.29, 0.717) is 25.1 Å². The maximum Gasteiger partial charge on any atom is 0.253 e. The van der Waals surface area contributed by atoms with Crippen LogP contribution in [0.2, 0.25) is 0 Å². The molecule has 1 aliphatic rings. The third kappa shape index (κ3) is 4.02. The summed E-state index contributed by atoms with van der Waals surface area (Å²) >= 11 is 3.32. The fourth-order valence-corrected chi connectivity index (χ4v) is 3.18. The second-order valence-electron chi connectivity index (χ2n) is 4.63. The normalized spacial score (nSPS) is 19.7. The van der Waals surface area contributed by atoms with Crippen LogP contribution < -0.4 is 4.72 Å². The Kier molecular flexibility index (Phi) is 4.27. The van der Waals surface area contributed by atoms with Gasteiger partial charge in [0.25, 0.3) is 5.91 Å². The average Bonchev–Trinajstić information content (AvgIpc) is 2.75. The summed E-state index contributed by atoms with van der Waals surface area (Å²) in [5.74, 6) is -0.0645. The van der Waals surface area contributed by atoms with E-state index >= 15 is 0 Å². The number of nitrogens with zero attached hydrogens (tertiary/aromatic N) is 1. The van der Waals surface area contributed by atoms with Crippen LogP contribution >= 0.6 is 15.9 Å².